The Hall–Kier alpha value is -3.29. The van der Waals surface area contributed by atoms with Crippen molar-refractivity contribution in [3.63, 3.8) is 0 Å². The number of amides is 1. The number of esters is 1. The van der Waals surface area contributed by atoms with E-state index in [9.17, 15) is 18.4 Å². The van der Waals surface area contributed by atoms with Crippen LogP contribution in [0.2, 0.25) is 0 Å². The van der Waals surface area contributed by atoms with Gasteiger partial charge in [0, 0.05) is 19.0 Å². The number of hydrogen-bond acceptors (Lipinski definition) is 5. The zero-order chi connectivity index (χ0) is 20.9. The van der Waals surface area contributed by atoms with Crippen molar-refractivity contribution in [3.8, 4) is 0 Å². The number of carbonyl (C=O) groups is 2. The van der Waals surface area contributed by atoms with E-state index in [1.165, 1.54) is 7.11 Å². The maximum Gasteiger partial charge on any atom is 0.340 e. The fourth-order valence-electron chi connectivity index (χ4n) is 3.25. The average Bonchev–Trinajstić information content (AvgIpc) is 3.12. The molecule has 0 aromatic heterocycles. The number of benzene rings is 2. The summed E-state index contributed by atoms with van der Waals surface area (Å²) < 4.78 is 31.4. The molecular weight excluding hydrogens is 380 g/mol. The number of rotatable bonds is 7. The van der Waals surface area contributed by atoms with Gasteiger partial charge in [-0.05, 0) is 23.3 Å². The van der Waals surface area contributed by atoms with Gasteiger partial charge in [-0.25, -0.2) is 18.6 Å². The van der Waals surface area contributed by atoms with E-state index in [4.69, 9.17) is 4.74 Å². The minimum Gasteiger partial charge on any atom is -0.467 e. The quantitative estimate of drug-likeness (QED) is 0.697. The van der Waals surface area contributed by atoms with Crippen LogP contribution in [0.3, 0.4) is 0 Å². The van der Waals surface area contributed by atoms with E-state index in [-0.39, 0.29) is 31.0 Å². The number of aliphatic imine (C=N–C) groups is 1. The van der Waals surface area contributed by atoms with Gasteiger partial charge in [0.1, 0.15) is 17.5 Å². The fraction of sp³-hybridized carbons (Fsp3) is 0.286. The van der Waals surface area contributed by atoms with Crippen molar-refractivity contribution in [2.24, 2.45) is 4.99 Å². The van der Waals surface area contributed by atoms with Gasteiger partial charge in [-0.15, -0.1) is 0 Å². The van der Waals surface area contributed by atoms with Crippen LogP contribution in [0.1, 0.15) is 17.5 Å². The molecule has 0 aliphatic carbocycles. The normalized spacial score (nSPS) is 18.0. The van der Waals surface area contributed by atoms with Crippen molar-refractivity contribution in [2.75, 3.05) is 20.2 Å². The Morgan fingerprint density at radius 1 is 1.17 bits per heavy atom. The summed E-state index contributed by atoms with van der Waals surface area (Å²) in [5, 5.41) is 5.78. The van der Waals surface area contributed by atoms with Crippen LogP contribution in [-0.4, -0.2) is 37.9 Å². The lowest BCUT2D eigenvalue weighted by Crippen LogP contribution is -2.39. The van der Waals surface area contributed by atoms with E-state index in [1.807, 2.05) is 30.3 Å². The van der Waals surface area contributed by atoms with Gasteiger partial charge < -0.3 is 15.4 Å². The molecule has 1 aliphatic heterocycles. The highest BCUT2D eigenvalue weighted by Crippen LogP contribution is 2.30. The minimum absolute atomic E-state index is 0.134. The van der Waals surface area contributed by atoms with Crippen LogP contribution in [0, 0.1) is 11.6 Å². The molecule has 6 nitrogen and oxygen atoms in total. The zero-order valence-electron chi connectivity index (χ0n) is 15.9. The van der Waals surface area contributed by atoms with Gasteiger partial charge in [0.15, 0.2) is 0 Å². The van der Waals surface area contributed by atoms with Crippen LogP contribution < -0.4 is 10.6 Å². The highest BCUT2D eigenvalue weighted by Gasteiger charge is 2.45. The lowest BCUT2D eigenvalue weighted by molar-refractivity contribution is -0.146. The predicted octanol–water partition coefficient (Wildman–Crippen LogP) is 2.08. The van der Waals surface area contributed by atoms with Gasteiger partial charge >= 0.3 is 5.97 Å². The molecule has 1 unspecified atom stereocenters. The van der Waals surface area contributed by atoms with E-state index >= 15 is 0 Å². The first kappa shape index (κ1) is 20.4. The Kier molecular flexibility index (Phi) is 6.21. The highest BCUT2D eigenvalue weighted by molar-refractivity contribution is 5.93. The van der Waals surface area contributed by atoms with E-state index in [2.05, 4.69) is 15.6 Å². The summed E-state index contributed by atoms with van der Waals surface area (Å²) in [5.41, 5.74) is -0.189. The van der Waals surface area contributed by atoms with Crippen LogP contribution in [0.25, 0.3) is 0 Å². The summed E-state index contributed by atoms with van der Waals surface area (Å²) in [6.45, 7) is 0.518. The summed E-state index contributed by atoms with van der Waals surface area (Å²) in [5.74, 6) is -1.72. The van der Waals surface area contributed by atoms with E-state index in [0.717, 1.165) is 18.2 Å². The van der Waals surface area contributed by atoms with Crippen LogP contribution in [-0.2, 0) is 26.3 Å². The number of ether oxygens (including phenoxy) is 1. The van der Waals surface area contributed by atoms with Gasteiger partial charge in [-0.3, -0.25) is 4.79 Å². The number of nitrogens with zero attached hydrogens (tertiary/aromatic N) is 1. The first-order valence-corrected chi connectivity index (χ1v) is 9.11. The SMILES string of the molecule is COC(=O)C1(c2ccccc2)CNC(CCNC(=O)Cc2cc(F)cc(F)c2)=N1. The third kappa shape index (κ3) is 4.77. The first-order chi connectivity index (χ1) is 13.9. The molecule has 0 bridgehead atoms. The highest BCUT2D eigenvalue weighted by atomic mass is 19.1. The number of amidine groups is 1. The molecule has 0 fully saturated rings. The summed E-state index contributed by atoms with van der Waals surface area (Å²) in [6, 6.07) is 12.1. The third-order valence-corrected chi connectivity index (χ3v) is 4.62. The Balaban J connectivity index is 1.60. The van der Waals surface area contributed by atoms with Crippen LogP contribution in [0.4, 0.5) is 8.78 Å². The second-order valence-electron chi connectivity index (χ2n) is 6.68. The van der Waals surface area contributed by atoms with Crippen molar-refractivity contribution in [1.29, 1.82) is 0 Å². The molecule has 2 N–H and O–H groups in total. The van der Waals surface area contributed by atoms with Gasteiger partial charge in [-0.1, -0.05) is 30.3 Å². The molecule has 8 heteroatoms. The molecular formula is C21H21F2N3O3. The monoisotopic (exact) mass is 401 g/mol. The van der Waals surface area contributed by atoms with Gasteiger partial charge in [-0.2, -0.15) is 0 Å². The molecule has 152 valence electrons. The summed E-state index contributed by atoms with van der Waals surface area (Å²) in [6.07, 6.45) is 0.236. The smallest absolute Gasteiger partial charge is 0.340 e. The van der Waals surface area contributed by atoms with E-state index in [0.29, 0.717) is 17.8 Å². The summed E-state index contributed by atoms with van der Waals surface area (Å²) in [4.78, 5) is 29.0. The molecule has 0 spiro atoms. The topological polar surface area (TPSA) is 79.8 Å². The Labute approximate surface area is 167 Å². The fourth-order valence-corrected chi connectivity index (χ4v) is 3.25. The Morgan fingerprint density at radius 3 is 2.52 bits per heavy atom. The van der Waals surface area contributed by atoms with Crippen molar-refractivity contribution in [1.82, 2.24) is 10.6 Å². The average molecular weight is 401 g/mol. The maximum atomic E-state index is 13.2. The molecule has 1 amide bonds. The van der Waals surface area contributed by atoms with Crippen molar-refractivity contribution in [3.05, 3.63) is 71.3 Å². The van der Waals surface area contributed by atoms with Crippen molar-refractivity contribution in [2.45, 2.75) is 18.4 Å². The summed E-state index contributed by atoms with van der Waals surface area (Å²) in [7, 11) is 1.32. The zero-order valence-corrected chi connectivity index (χ0v) is 15.9. The first-order valence-electron chi connectivity index (χ1n) is 9.11. The maximum absolute atomic E-state index is 13.2. The van der Waals surface area contributed by atoms with Gasteiger partial charge in [0.05, 0.1) is 20.1 Å². The number of carbonyl (C=O) groups excluding carboxylic acids is 2. The van der Waals surface area contributed by atoms with Crippen molar-refractivity contribution >= 4 is 17.7 Å². The Morgan fingerprint density at radius 2 is 1.86 bits per heavy atom. The predicted molar refractivity (Wildman–Crippen MR) is 103 cm³/mol. The second kappa shape index (κ2) is 8.81. The largest absolute Gasteiger partial charge is 0.467 e. The van der Waals surface area contributed by atoms with E-state index < -0.39 is 23.1 Å². The molecule has 1 heterocycles. The second-order valence-corrected chi connectivity index (χ2v) is 6.68. The molecule has 0 radical (unpaired) electrons. The molecule has 1 aliphatic rings. The number of methoxy groups -OCH3 is 1. The summed E-state index contributed by atoms with van der Waals surface area (Å²) >= 11 is 0. The van der Waals surface area contributed by atoms with E-state index in [1.54, 1.807) is 0 Å². The minimum atomic E-state index is -1.16. The third-order valence-electron chi connectivity index (χ3n) is 4.62. The number of halogens is 2. The molecule has 3 rings (SSSR count). The van der Waals surface area contributed by atoms with Gasteiger partial charge in [0.2, 0.25) is 11.4 Å². The van der Waals surface area contributed by atoms with Crippen LogP contribution in [0.15, 0.2) is 53.5 Å². The molecule has 0 saturated heterocycles. The molecule has 1 atom stereocenters. The molecule has 0 saturated carbocycles. The standard InChI is InChI=1S/C21H21F2N3O3/c1-29-20(28)21(15-5-3-2-4-6-15)13-25-18(26-21)7-8-24-19(27)11-14-9-16(22)12-17(23)10-14/h2-6,9-10,12H,7-8,11,13H2,1H3,(H,24,27)(H,25,26). The van der Waals surface area contributed by atoms with Crippen LogP contribution in [0.5, 0.6) is 0 Å². The lowest BCUT2D eigenvalue weighted by Gasteiger charge is -2.22. The lowest BCUT2D eigenvalue weighted by atomic mass is 9.91. The number of hydrogen-bond donors (Lipinski definition) is 2. The molecule has 29 heavy (non-hydrogen) atoms. The van der Waals surface area contributed by atoms with Crippen molar-refractivity contribution < 1.29 is 23.1 Å². The molecule has 2 aromatic carbocycles. The van der Waals surface area contributed by atoms with Gasteiger partial charge in [0.25, 0.3) is 0 Å². The Bertz CT molecular complexity index is 914. The number of nitrogens with one attached hydrogen (secondary N) is 2. The van der Waals surface area contributed by atoms with Crippen LogP contribution >= 0.6 is 0 Å². The molecule has 2 aromatic rings.